The van der Waals surface area contributed by atoms with E-state index in [0.29, 0.717) is 18.5 Å². The SMILES string of the molecule is CC(CNC(=O)NC1CC2CCC1C2)CC(=O)O. The molecule has 4 unspecified atom stereocenters. The molecule has 0 heterocycles. The van der Waals surface area contributed by atoms with Gasteiger partial charge >= 0.3 is 12.0 Å². The lowest BCUT2D eigenvalue weighted by atomic mass is 9.95. The first-order valence-electron chi connectivity index (χ1n) is 6.80. The minimum atomic E-state index is -0.821. The monoisotopic (exact) mass is 254 g/mol. The molecule has 18 heavy (non-hydrogen) atoms. The molecule has 2 aliphatic carbocycles. The molecule has 3 N–H and O–H groups in total. The second kappa shape index (κ2) is 5.59. The van der Waals surface area contributed by atoms with Gasteiger partial charge in [-0.15, -0.1) is 0 Å². The Morgan fingerprint density at radius 3 is 2.67 bits per heavy atom. The van der Waals surface area contributed by atoms with E-state index in [1.807, 2.05) is 6.92 Å². The highest BCUT2D eigenvalue weighted by Crippen LogP contribution is 2.44. The van der Waals surface area contributed by atoms with Gasteiger partial charge in [0.1, 0.15) is 0 Å². The summed E-state index contributed by atoms with van der Waals surface area (Å²) in [4.78, 5) is 22.2. The van der Waals surface area contributed by atoms with Gasteiger partial charge in [0.05, 0.1) is 0 Å². The fourth-order valence-electron chi connectivity index (χ4n) is 3.28. The Labute approximate surface area is 107 Å². The molecule has 0 radical (unpaired) electrons. The van der Waals surface area contributed by atoms with Crippen LogP contribution in [0.2, 0.25) is 0 Å². The molecule has 0 aliphatic heterocycles. The highest BCUT2D eigenvalue weighted by atomic mass is 16.4. The van der Waals surface area contributed by atoms with Crippen molar-refractivity contribution in [3.8, 4) is 0 Å². The Bertz CT molecular complexity index is 332. The number of aliphatic carboxylic acids is 1. The van der Waals surface area contributed by atoms with Crippen LogP contribution >= 0.6 is 0 Å². The Balaban J connectivity index is 1.65. The van der Waals surface area contributed by atoms with Crippen molar-refractivity contribution in [2.45, 2.75) is 45.1 Å². The van der Waals surface area contributed by atoms with Crippen LogP contribution in [0.5, 0.6) is 0 Å². The fraction of sp³-hybridized carbons (Fsp3) is 0.846. The summed E-state index contributed by atoms with van der Waals surface area (Å²) < 4.78 is 0. The smallest absolute Gasteiger partial charge is 0.315 e. The number of carboxylic acids is 1. The molecule has 102 valence electrons. The number of nitrogens with one attached hydrogen (secondary N) is 2. The number of urea groups is 1. The summed E-state index contributed by atoms with van der Waals surface area (Å²) in [6.45, 7) is 2.24. The van der Waals surface area contributed by atoms with Crippen molar-refractivity contribution in [1.29, 1.82) is 0 Å². The topological polar surface area (TPSA) is 78.4 Å². The Hall–Kier alpha value is -1.26. The summed E-state index contributed by atoms with van der Waals surface area (Å²) >= 11 is 0. The number of rotatable bonds is 5. The zero-order valence-corrected chi connectivity index (χ0v) is 10.8. The average molecular weight is 254 g/mol. The van der Waals surface area contributed by atoms with Crippen molar-refractivity contribution in [3.05, 3.63) is 0 Å². The zero-order valence-electron chi connectivity index (χ0n) is 10.8. The molecule has 5 heteroatoms. The van der Waals surface area contributed by atoms with Crippen LogP contribution in [0.1, 0.15) is 39.0 Å². The Kier molecular flexibility index (Phi) is 4.09. The van der Waals surface area contributed by atoms with Crippen LogP contribution in [-0.2, 0) is 4.79 Å². The van der Waals surface area contributed by atoms with Crippen LogP contribution < -0.4 is 10.6 Å². The van der Waals surface area contributed by atoms with Crippen molar-refractivity contribution in [2.75, 3.05) is 6.54 Å². The van der Waals surface area contributed by atoms with Crippen molar-refractivity contribution in [2.24, 2.45) is 17.8 Å². The van der Waals surface area contributed by atoms with Crippen LogP contribution in [0.25, 0.3) is 0 Å². The second-order valence-corrected chi connectivity index (χ2v) is 5.84. The van der Waals surface area contributed by atoms with Crippen molar-refractivity contribution < 1.29 is 14.7 Å². The van der Waals surface area contributed by atoms with Gasteiger partial charge in [0.25, 0.3) is 0 Å². The largest absolute Gasteiger partial charge is 0.481 e. The minimum Gasteiger partial charge on any atom is -0.481 e. The highest BCUT2D eigenvalue weighted by molar-refractivity contribution is 5.74. The van der Waals surface area contributed by atoms with Gasteiger partial charge in [0, 0.05) is 19.0 Å². The first-order chi connectivity index (χ1) is 8.54. The van der Waals surface area contributed by atoms with Crippen LogP contribution in [0.4, 0.5) is 4.79 Å². The van der Waals surface area contributed by atoms with Crippen LogP contribution in [0.3, 0.4) is 0 Å². The van der Waals surface area contributed by atoms with E-state index in [0.717, 1.165) is 12.3 Å². The first kappa shape index (κ1) is 13.2. The molecular weight excluding hydrogens is 232 g/mol. The molecule has 2 amide bonds. The van der Waals surface area contributed by atoms with Gasteiger partial charge in [0.2, 0.25) is 0 Å². The van der Waals surface area contributed by atoms with E-state index < -0.39 is 5.97 Å². The third-order valence-corrected chi connectivity index (χ3v) is 4.19. The Morgan fingerprint density at radius 2 is 2.11 bits per heavy atom. The molecule has 0 saturated heterocycles. The summed E-state index contributed by atoms with van der Waals surface area (Å²) in [6.07, 6.45) is 5.03. The number of carboxylic acid groups (broad SMARTS) is 1. The van der Waals surface area contributed by atoms with Gasteiger partial charge in [-0.05, 0) is 37.0 Å². The number of carbonyl (C=O) groups is 2. The minimum absolute atomic E-state index is 0.0340. The third-order valence-electron chi connectivity index (χ3n) is 4.19. The number of carbonyl (C=O) groups excluding carboxylic acids is 1. The van der Waals surface area contributed by atoms with E-state index >= 15 is 0 Å². The van der Waals surface area contributed by atoms with E-state index in [2.05, 4.69) is 10.6 Å². The van der Waals surface area contributed by atoms with Gasteiger partial charge in [-0.2, -0.15) is 0 Å². The molecule has 5 nitrogen and oxygen atoms in total. The summed E-state index contributed by atoms with van der Waals surface area (Å²) in [5, 5.41) is 14.4. The molecule has 2 saturated carbocycles. The highest BCUT2D eigenvalue weighted by Gasteiger charge is 2.40. The standard InChI is InChI=1S/C13H22N2O3/c1-8(4-12(16)17)7-14-13(18)15-11-6-9-2-3-10(11)5-9/h8-11H,2-7H2,1H3,(H,16,17)(H2,14,15,18). The predicted octanol–water partition coefficient (Wildman–Crippen LogP) is 1.58. The number of hydrogen-bond acceptors (Lipinski definition) is 2. The van der Waals surface area contributed by atoms with E-state index in [1.54, 1.807) is 0 Å². The van der Waals surface area contributed by atoms with Crippen molar-refractivity contribution in [3.63, 3.8) is 0 Å². The molecule has 0 aromatic rings. The molecule has 2 fully saturated rings. The summed E-state index contributed by atoms with van der Waals surface area (Å²) in [5.41, 5.74) is 0. The van der Waals surface area contributed by atoms with Gasteiger partial charge in [-0.3, -0.25) is 4.79 Å². The zero-order chi connectivity index (χ0) is 13.1. The maximum Gasteiger partial charge on any atom is 0.315 e. The number of fused-ring (bicyclic) bond motifs is 2. The summed E-state index contributed by atoms with van der Waals surface area (Å²) in [6, 6.07) is 0.184. The first-order valence-corrected chi connectivity index (χ1v) is 6.80. The lowest BCUT2D eigenvalue weighted by Crippen LogP contribution is -2.45. The summed E-state index contributed by atoms with van der Waals surface area (Å²) in [5.74, 6) is 0.620. The molecule has 0 aromatic heterocycles. The van der Waals surface area contributed by atoms with E-state index in [4.69, 9.17) is 5.11 Å². The number of amides is 2. The quantitative estimate of drug-likeness (QED) is 0.697. The predicted molar refractivity (Wildman–Crippen MR) is 67.2 cm³/mol. The molecule has 2 rings (SSSR count). The lowest BCUT2D eigenvalue weighted by Gasteiger charge is -2.23. The molecular formula is C13H22N2O3. The molecule has 2 bridgehead atoms. The normalized spacial score (nSPS) is 31.1. The van der Waals surface area contributed by atoms with Crippen molar-refractivity contribution in [1.82, 2.24) is 10.6 Å². The third kappa shape index (κ3) is 3.37. The molecule has 2 aliphatic rings. The van der Waals surface area contributed by atoms with Crippen LogP contribution in [0.15, 0.2) is 0 Å². The van der Waals surface area contributed by atoms with Crippen LogP contribution in [0, 0.1) is 17.8 Å². The van der Waals surface area contributed by atoms with E-state index in [-0.39, 0.29) is 18.4 Å². The molecule has 0 aromatic carbocycles. The van der Waals surface area contributed by atoms with Gasteiger partial charge < -0.3 is 15.7 Å². The van der Waals surface area contributed by atoms with Gasteiger partial charge in [0.15, 0.2) is 0 Å². The van der Waals surface area contributed by atoms with E-state index in [1.165, 1.54) is 19.3 Å². The van der Waals surface area contributed by atoms with Gasteiger partial charge in [-0.1, -0.05) is 13.3 Å². The Morgan fingerprint density at radius 1 is 1.33 bits per heavy atom. The van der Waals surface area contributed by atoms with Crippen molar-refractivity contribution >= 4 is 12.0 Å². The fourth-order valence-corrected chi connectivity index (χ4v) is 3.28. The maximum absolute atomic E-state index is 11.7. The second-order valence-electron chi connectivity index (χ2n) is 5.84. The summed E-state index contributed by atoms with van der Waals surface area (Å²) in [7, 11) is 0. The number of hydrogen-bond donors (Lipinski definition) is 3. The molecule has 4 atom stereocenters. The molecule has 0 spiro atoms. The lowest BCUT2D eigenvalue weighted by molar-refractivity contribution is -0.137. The maximum atomic E-state index is 11.7. The van der Waals surface area contributed by atoms with Gasteiger partial charge in [-0.25, -0.2) is 4.79 Å². The average Bonchev–Trinajstić information content (AvgIpc) is 2.87. The van der Waals surface area contributed by atoms with E-state index in [9.17, 15) is 9.59 Å². The van der Waals surface area contributed by atoms with Crippen LogP contribution in [-0.4, -0.2) is 29.7 Å².